The fourth-order valence-electron chi connectivity index (χ4n) is 4.10. The summed E-state index contributed by atoms with van der Waals surface area (Å²) in [7, 11) is 6.03. The second-order valence-corrected chi connectivity index (χ2v) is 8.99. The number of nitro benzene ring substituents is 1. The van der Waals surface area contributed by atoms with Crippen molar-refractivity contribution < 1.29 is 14.5 Å². The van der Waals surface area contributed by atoms with E-state index < -0.39 is 16.7 Å². The Morgan fingerprint density at radius 3 is 2.38 bits per heavy atom. The van der Waals surface area contributed by atoms with Crippen molar-refractivity contribution >= 4 is 46.0 Å². The van der Waals surface area contributed by atoms with E-state index in [9.17, 15) is 19.7 Å². The molecule has 2 aromatic carbocycles. The molecular weight excluding hydrogens is 472 g/mol. The van der Waals surface area contributed by atoms with Gasteiger partial charge >= 0.3 is 0 Å². The number of anilines is 3. The summed E-state index contributed by atoms with van der Waals surface area (Å²) in [5, 5.41) is 14.6. The predicted octanol–water partition coefficient (Wildman–Crippen LogP) is 3.86. The number of non-ortho nitro benzene ring substituents is 1. The van der Waals surface area contributed by atoms with Gasteiger partial charge in [0.15, 0.2) is 0 Å². The first-order chi connectivity index (χ1) is 17.7. The maximum absolute atomic E-state index is 13.6. The number of benzene rings is 2. The number of carbonyl (C=O) groups is 2. The van der Waals surface area contributed by atoms with Crippen molar-refractivity contribution in [3.8, 4) is 0 Å². The van der Waals surface area contributed by atoms with Gasteiger partial charge in [0.25, 0.3) is 11.6 Å². The first-order valence-corrected chi connectivity index (χ1v) is 11.7. The molecule has 0 radical (unpaired) electrons. The van der Waals surface area contributed by atoms with Crippen molar-refractivity contribution in [1.82, 2.24) is 9.88 Å². The Balaban J connectivity index is 1.79. The molecule has 0 saturated carbocycles. The summed E-state index contributed by atoms with van der Waals surface area (Å²) in [6.45, 7) is 2.98. The molecule has 3 aromatic rings. The molecule has 0 atom stereocenters. The van der Waals surface area contributed by atoms with Crippen LogP contribution in [0.25, 0.3) is 11.3 Å². The van der Waals surface area contributed by atoms with Crippen molar-refractivity contribution in [2.45, 2.75) is 6.92 Å². The van der Waals surface area contributed by atoms with E-state index in [2.05, 4.69) is 20.1 Å². The first kappa shape index (κ1) is 25.5. The number of imide groups is 1. The number of fused-ring (bicyclic) bond motifs is 1. The standard InChI is InChI=1S/C27H28N6O4/c1-18(34)32-23-16-20(33(36)37)10-12-22(23)25(27(32)35)26(19-8-6-5-7-9-19)29-24-13-11-21(17-28-24)31(4)15-14-30(2)3/h5-13,16-17H,14-15H2,1-4H3,(H,28,29)/b26-25-. The molecule has 1 N–H and O–H groups in total. The second-order valence-electron chi connectivity index (χ2n) is 8.99. The highest BCUT2D eigenvalue weighted by molar-refractivity contribution is 6.43. The molecule has 2 amide bonds. The molecular formula is C27H28N6O4. The lowest BCUT2D eigenvalue weighted by Gasteiger charge is -2.21. The number of nitrogens with one attached hydrogen (secondary N) is 1. The number of hydrogen-bond donors (Lipinski definition) is 1. The van der Waals surface area contributed by atoms with E-state index in [1.54, 1.807) is 6.20 Å². The maximum Gasteiger partial charge on any atom is 0.271 e. The number of amides is 2. The van der Waals surface area contributed by atoms with Gasteiger partial charge in [-0.1, -0.05) is 30.3 Å². The minimum absolute atomic E-state index is 0.183. The van der Waals surface area contributed by atoms with Crippen molar-refractivity contribution in [2.24, 2.45) is 0 Å². The number of nitrogens with zero attached hydrogens (tertiary/aromatic N) is 5. The number of aromatic nitrogens is 1. The van der Waals surface area contributed by atoms with Crippen LogP contribution in [0.2, 0.25) is 0 Å². The Morgan fingerprint density at radius 2 is 1.78 bits per heavy atom. The third kappa shape index (κ3) is 5.34. The quantitative estimate of drug-likeness (QED) is 0.282. The Hall–Kier alpha value is -4.57. The average molecular weight is 501 g/mol. The lowest BCUT2D eigenvalue weighted by Crippen LogP contribution is -2.31. The average Bonchev–Trinajstić information content (AvgIpc) is 3.17. The van der Waals surface area contributed by atoms with E-state index >= 15 is 0 Å². The zero-order valence-corrected chi connectivity index (χ0v) is 21.1. The molecule has 1 aromatic heterocycles. The highest BCUT2D eigenvalue weighted by Crippen LogP contribution is 2.42. The minimum atomic E-state index is -0.561. The topological polar surface area (TPSA) is 112 Å². The second kappa shape index (κ2) is 10.6. The van der Waals surface area contributed by atoms with Crippen molar-refractivity contribution in [3.05, 3.63) is 88.1 Å². The van der Waals surface area contributed by atoms with Crippen molar-refractivity contribution in [1.29, 1.82) is 0 Å². The van der Waals surface area contributed by atoms with Crippen LogP contribution in [0.15, 0.2) is 66.9 Å². The molecule has 1 aliphatic rings. The number of nitro groups is 1. The summed E-state index contributed by atoms with van der Waals surface area (Å²) in [4.78, 5) is 46.5. The van der Waals surface area contributed by atoms with Gasteiger partial charge in [-0.3, -0.25) is 19.7 Å². The van der Waals surface area contributed by atoms with E-state index in [0.717, 1.165) is 23.7 Å². The van der Waals surface area contributed by atoms with Crippen molar-refractivity contribution in [2.75, 3.05) is 49.3 Å². The van der Waals surface area contributed by atoms with Crippen LogP contribution in [-0.4, -0.2) is 60.9 Å². The highest BCUT2D eigenvalue weighted by atomic mass is 16.6. The summed E-state index contributed by atoms with van der Waals surface area (Å²) in [6.07, 6.45) is 1.75. The van der Waals surface area contributed by atoms with E-state index in [4.69, 9.17) is 0 Å². The van der Waals surface area contributed by atoms with Gasteiger partial charge in [-0.15, -0.1) is 0 Å². The van der Waals surface area contributed by atoms with Gasteiger partial charge < -0.3 is 15.1 Å². The highest BCUT2D eigenvalue weighted by Gasteiger charge is 2.38. The van der Waals surface area contributed by atoms with Crippen LogP contribution < -0.4 is 15.1 Å². The summed E-state index contributed by atoms with van der Waals surface area (Å²) in [5.41, 5.74) is 2.74. The Morgan fingerprint density at radius 1 is 1.05 bits per heavy atom. The van der Waals surface area contributed by atoms with Gasteiger partial charge in [0.2, 0.25) is 5.91 Å². The van der Waals surface area contributed by atoms with E-state index in [1.807, 2.05) is 63.6 Å². The third-order valence-electron chi connectivity index (χ3n) is 6.07. The van der Waals surface area contributed by atoms with Crippen molar-refractivity contribution in [3.63, 3.8) is 0 Å². The zero-order chi connectivity index (χ0) is 26.7. The molecule has 2 heterocycles. The van der Waals surface area contributed by atoms with E-state index in [-0.39, 0.29) is 16.9 Å². The smallest absolute Gasteiger partial charge is 0.271 e. The van der Waals surface area contributed by atoms with E-state index in [0.29, 0.717) is 22.6 Å². The summed E-state index contributed by atoms with van der Waals surface area (Å²) < 4.78 is 0. The fraction of sp³-hybridized carbons (Fsp3) is 0.222. The van der Waals surface area contributed by atoms with Crippen LogP contribution in [0, 0.1) is 10.1 Å². The lowest BCUT2D eigenvalue weighted by atomic mass is 10.00. The summed E-state index contributed by atoms with van der Waals surface area (Å²) >= 11 is 0. The number of pyridine rings is 1. The molecule has 0 unspecified atom stereocenters. The normalized spacial score (nSPS) is 14.0. The van der Waals surface area contributed by atoms with Gasteiger partial charge in [-0.25, -0.2) is 9.88 Å². The van der Waals surface area contributed by atoms with Gasteiger partial charge in [-0.2, -0.15) is 0 Å². The minimum Gasteiger partial charge on any atom is -0.372 e. The molecule has 37 heavy (non-hydrogen) atoms. The van der Waals surface area contributed by atoms with Gasteiger partial charge in [0, 0.05) is 44.8 Å². The number of carbonyl (C=O) groups excluding carboxylic acids is 2. The summed E-state index contributed by atoms with van der Waals surface area (Å²) in [5.74, 6) is -0.583. The predicted molar refractivity (Wildman–Crippen MR) is 144 cm³/mol. The van der Waals surface area contributed by atoms with E-state index in [1.165, 1.54) is 25.1 Å². The van der Waals surface area contributed by atoms with Crippen LogP contribution in [0.5, 0.6) is 0 Å². The Labute approximate surface area is 215 Å². The first-order valence-electron chi connectivity index (χ1n) is 11.7. The van der Waals surface area contributed by atoms with Crippen LogP contribution in [0.4, 0.5) is 22.9 Å². The van der Waals surface area contributed by atoms with Gasteiger partial charge in [0.05, 0.1) is 33.8 Å². The molecule has 10 heteroatoms. The molecule has 10 nitrogen and oxygen atoms in total. The maximum atomic E-state index is 13.6. The largest absolute Gasteiger partial charge is 0.372 e. The lowest BCUT2D eigenvalue weighted by molar-refractivity contribution is -0.384. The zero-order valence-electron chi connectivity index (χ0n) is 21.1. The molecule has 0 spiro atoms. The Kier molecular flexibility index (Phi) is 7.30. The molecule has 1 aliphatic heterocycles. The van der Waals surface area contributed by atoms with Crippen LogP contribution in [-0.2, 0) is 9.59 Å². The molecule has 4 rings (SSSR count). The fourth-order valence-corrected chi connectivity index (χ4v) is 4.10. The molecule has 190 valence electrons. The number of rotatable bonds is 8. The molecule has 0 aliphatic carbocycles. The number of likely N-dealkylation sites (N-methyl/N-ethyl adjacent to an activating group) is 2. The third-order valence-corrected chi connectivity index (χ3v) is 6.07. The summed E-state index contributed by atoms with van der Waals surface area (Å²) in [6, 6.07) is 17.1. The molecule has 0 bridgehead atoms. The van der Waals surface area contributed by atoms with Gasteiger partial charge in [0.1, 0.15) is 5.82 Å². The van der Waals surface area contributed by atoms with Crippen LogP contribution in [0.3, 0.4) is 0 Å². The molecule has 0 saturated heterocycles. The monoisotopic (exact) mass is 500 g/mol. The van der Waals surface area contributed by atoms with Gasteiger partial charge in [-0.05, 0) is 37.9 Å². The Bertz CT molecular complexity index is 1370. The SMILES string of the molecule is CC(=O)N1C(=O)/C(=C(\Nc2ccc(N(C)CCN(C)C)cn2)c2ccccc2)c2ccc([N+](=O)[O-])cc21. The van der Waals surface area contributed by atoms with Crippen LogP contribution >= 0.6 is 0 Å². The molecule has 0 fully saturated rings. The number of hydrogen-bond acceptors (Lipinski definition) is 8. The van der Waals surface area contributed by atoms with Crippen LogP contribution in [0.1, 0.15) is 18.1 Å².